The van der Waals surface area contributed by atoms with Crippen LogP contribution in [0.4, 0.5) is 0 Å². The van der Waals surface area contributed by atoms with Crippen LogP contribution in [0.25, 0.3) is 11.3 Å². The molecule has 0 amide bonds. The van der Waals surface area contributed by atoms with E-state index in [1.807, 2.05) is 36.4 Å². The molecule has 0 radical (unpaired) electrons. The lowest BCUT2D eigenvalue weighted by Gasteiger charge is -2.27. The molecule has 1 aromatic heterocycles. The van der Waals surface area contributed by atoms with Crippen molar-refractivity contribution in [1.82, 2.24) is 23.7 Å². The van der Waals surface area contributed by atoms with E-state index in [4.69, 9.17) is 21.4 Å². The number of benzene rings is 2. The van der Waals surface area contributed by atoms with Crippen molar-refractivity contribution in [3.05, 3.63) is 75.9 Å². The van der Waals surface area contributed by atoms with Gasteiger partial charge in [0.2, 0.25) is 20.0 Å². The number of sulfonamides is 2. The molecule has 5 rings (SSSR count). The average molecular weight is 650 g/mol. The quantitative estimate of drug-likeness (QED) is 0.283. The molecule has 0 saturated carbocycles. The number of nitrogens with zero attached hydrogens (tertiary/aromatic N) is 4. The predicted octanol–water partition coefficient (Wildman–Crippen LogP) is 3.30. The minimum Gasteiger partial charge on any atom is -0.379 e. The van der Waals surface area contributed by atoms with Crippen molar-refractivity contribution in [2.24, 2.45) is 0 Å². The van der Waals surface area contributed by atoms with Crippen LogP contribution in [0.1, 0.15) is 35.2 Å². The molecule has 0 spiro atoms. The highest BCUT2D eigenvalue weighted by Crippen LogP contribution is 2.33. The fraction of sp³-hybridized carbons (Fsp3) is 0.500. The number of aromatic nitrogens is 2. The van der Waals surface area contributed by atoms with E-state index in [1.54, 1.807) is 12.1 Å². The number of hydrogen-bond donors (Lipinski definition) is 1. The number of aryl methyl sites for hydroxylation is 2. The molecule has 1 N–H and O–H groups in total. The highest BCUT2D eigenvalue weighted by Gasteiger charge is 2.30. The van der Waals surface area contributed by atoms with Gasteiger partial charge in [-0.2, -0.15) is 9.40 Å². The summed E-state index contributed by atoms with van der Waals surface area (Å²) in [6.45, 7) is 6.14. The van der Waals surface area contributed by atoms with Gasteiger partial charge in [0.1, 0.15) is 0 Å². The summed E-state index contributed by atoms with van der Waals surface area (Å²) in [5, 5.41) is 5.62. The fourth-order valence-corrected chi connectivity index (χ4v) is 7.89. The molecular weight excluding hydrogens is 610 g/mol. The zero-order chi connectivity index (χ0) is 30.5. The third-order valence-electron chi connectivity index (χ3n) is 7.98. The van der Waals surface area contributed by atoms with E-state index in [0.29, 0.717) is 37.4 Å². The second kappa shape index (κ2) is 14.2. The smallest absolute Gasteiger partial charge is 0.215 e. The number of hydrogen-bond acceptors (Lipinski definition) is 7. The molecule has 43 heavy (non-hydrogen) atoms. The van der Waals surface area contributed by atoms with Gasteiger partial charge in [-0.05, 0) is 42.5 Å². The number of nitrogens with one attached hydrogen (secondary N) is 1. The summed E-state index contributed by atoms with van der Waals surface area (Å²) in [4.78, 5) is 2.40. The van der Waals surface area contributed by atoms with Crippen LogP contribution < -0.4 is 4.72 Å². The van der Waals surface area contributed by atoms with Crippen molar-refractivity contribution in [3.63, 3.8) is 0 Å². The van der Waals surface area contributed by atoms with Crippen LogP contribution in [0.3, 0.4) is 0 Å². The Hall–Kier alpha value is -2.32. The molecule has 3 aromatic rings. The van der Waals surface area contributed by atoms with Gasteiger partial charge in [0.05, 0.1) is 30.9 Å². The molecule has 13 heteroatoms. The van der Waals surface area contributed by atoms with Crippen LogP contribution >= 0.6 is 11.6 Å². The van der Waals surface area contributed by atoms with Crippen molar-refractivity contribution in [3.8, 4) is 11.3 Å². The molecule has 0 atom stereocenters. The Morgan fingerprint density at radius 2 is 1.74 bits per heavy atom. The highest BCUT2D eigenvalue weighted by atomic mass is 35.5. The van der Waals surface area contributed by atoms with Crippen LogP contribution in [-0.2, 0) is 56.5 Å². The minimum absolute atomic E-state index is 0.0607. The maximum Gasteiger partial charge on any atom is 0.215 e. The Morgan fingerprint density at radius 3 is 2.49 bits per heavy atom. The monoisotopic (exact) mass is 649 g/mol. The van der Waals surface area contributed by atoms with Crippen LogP contribution in [0, 0.1) is 0 Å². The molecule has 10 nitrogen and oxygen atoms in total. The first-order valence-electron chi connectivity index (χ1n) is 14.7. The summed E-state index contributed by atoms with van der Waals surface area (Å²) in [6.07, 6.45) is 3.95. The third kappa shape index (κ3) is 8.65. The van der Waals surface area contributed by atoms with Crippen molar-refractivity contribution in [1.29, 1.82) is 0 Å². The van der Waals surface area contributed by atoms with Crippen LogP contribution in [0.5, 0.6) is 0 Å². The molecule has 1 saturated heterocycles. The lowest BCUT2D eigenvalue weighted by Crippen LogP contribution is -2.37. The molecular formula is C30H40ClN5O5S2. The zero-order valence-electron chi connectivity index (χ0n) is 24.5. The van der Waals surface area contributed by atoms with E-state index in [2.05, 4.69) is 14.3 Å². The first-order valence-corrected chi connectivity index (χ1v) is 18.6. The van der Waals surface area contributed by atoms with E-state index in [1.165, 1.54) is 10.6 Å². The molecule has 2 aliphatic rings. The molecule has 2 aliphatic heterocycles. The molecule has 3 heterocycles. The van der Waals surface area contributed by atoms with E-state index >= 15 is 0 Å². The summed E-state index contributed by atoms with van der Waals surface area (Å²) in [7, 11) is -6.80. The lowest BCUT2D eigenvalue weighted by atomic mass is 9.99. The lowest BCUT2D eigenvalue weighted by molar-refractivity contribution is 0.0368. The van der Waals surface area contributed by atoms with Gasteiger partial charge in [-0.25, -0.2) is 21.6 Å². The summed E-state index contributed by atoms with van der Waals surface area (Å²) >= 11 is 6.57. The van der Waals surface area contributed by atoms with Crippen molar-refractivity contribution >= 4 is 31.6 Å². The van der Waals surface area contributed by atoms with Gasteiger partial charge in [-0.15, -0.1) is 0 Å². The standard InChI is InChI=1S/C30H40ClN5O5S2/c1-42(37,38)35-16-12-29-27(22-35)30(33-36(29)15-6-14-34-17-19-41-20-18-34)26-10-11-28(31)25(21-26)9-5-13-32-43(39,40)23-24-7-3-2-4-8-24/h2-4,7-8,10-11,21,32H,5-6,9,12-20,22-23H2,1H3. The predicted molar refractivity (Wildman–Crippen MR) is 169 cm³/mol. The summed E-state index contributed by atoms with van der Waals surface area (Å²) < 4.78 is 61.6. The second-order valence-electron chi connectivity index (χ2n) is 11.2. The van der Waals surface area contributed by atoms with Gasteiger partial charge < -0.3 is 4.74 Å². The average Bonchev–Trinajstić information content (AvgIpc) is 3.34. The van der Waals surface area contributed by atoms with Crippen LogP contribution in [0.2, 0.25) is 5.02 Å². The Morgan fingerprint density at radius 1 is 0.977 bits per heavy atom. The molecule has 0 aliphatic carbocycles. The van der Waals surface area contributed by atoms with Crippen molar-refractivity contribution < 1.29 is 21.6 Å². The maximum atomic E-state index is 12.5. The number of rotatable bonds is 13. The molecule has 0 bridgehead atoms. The fourth-order valence-electron chi connectivity index (χ4n) is 5.70. The Balaban J connectivity index is 1.29. The van der Waals surface area contributed by atoms with Gasteiger partial charge in [-0.3, -0.25) is 9.58 Å². The third-order valence-corrected chi connectivity index (χ3v) is 11.0. The number of ether oxygens (including phenoxy) is 1. The summed E-state index contributed by atoms with van der Waals surface area (Å²) in [5.41, 5.74) is 5.31. The summed E-state index contributed by atoms with van der Waals surface area (Å²) in [5.74, 6) is -0.0607. The first kappa shape index (κ1) is 32.1. The normalized spacial score (nSPS) is 16.8. The minimum atomic E-state index is -3.45. The number of halogens is 1. The highest BCUT2D eigenvalue weighted by molar-refractivity contribution is 7.88. The van der Waals surface area contributed by atoms with E-state index in [-0.39, 0.29) is 12.3 Å². The molecule has 2 aromatic carbocycles. The molecule has 1 fully saturated rings. The van der Waals surface area contributed by atoms with Crippen molar-refractivity contribution in [2.75, 3.05) is 52.2 Å². The Labute approximate surface area is 260 Å². The largest absolute Gasteiger partial charge is 0.379 e. The van der Waals surface area contributed by atoms with Gasteiger partial charge in [0.15, 0.2) is 0 Å². The van der Waals surface area contributed by atoms with E-state index < -0.39 is 20.0 Å². The van der Waals surface area contributed by atoms with E-state index in [9.17, 15) is 16.8 Å². The van der Waals surface area contributed by atoms with Crippen LogP contribution in [0.15, 0.2) is 48.5 Å². The first-order chi connectivity index (χ1) is 20.6. The van der Waals surface area contributed by atoms with Gasteiger partial charge in [0.25, 0.3) is 0 Å². The van der Waals surface area contributed by atoms with E-state index in [0.717, 1.165) is 79.5 Å². The Bertz CT molecular complexity index is 1610. The molecule has 0 unspecified atom stereocenters. The summed E-state index contributed by atoms with van der Waals surface area (Å²) in [6, 6.07) is 14.9. The molecule has 234 valence electrons. The second-order valence-corrected chi connectivity index (χ2v) is 15.4. The zero-order valence-corrected chi connectivity index (χ0v) is 26.9. The maximum absolute atomic E-state index is 12.5. The Kier molecular flexibility index (Phi) is 10.6. The SMILES string of the molecule is CS(=O)(=O)N1CCc2c(c(-c3ccc(Cl)c(CCCNS(=O)(=O)Cc4ccccc4)c3)nn2CCCN2CCOCC2)C1. The van der Waals surface area contributed by atoms with Crippen LogP contribution in [-0.4, -0.2) is 88.0 Å². The van der Waals surface area contributed by atoms with Gasteiger partial charge in [0, 0.05) is 74.1 Å². The number of morpholine rings is 1. The van der Waals surface area contributed by atoms with Gasteiger partial charge in [-0.1, -0.05) is 48.0 Å². The van der Waals surface area contributed by atoms with Crippen molar-refractivity contribution in [2.45, 2.75) is 44.5 Å². The van der Waals surface area contributed by atoms with Gasteiger partial charge >= 0.3 is 0 Å². The topological polar surface area (TPSA) is 114 Å². The number of fused-ring (bicyclic) bond motifs is 1.